The van der Waals surface area contributed by atoms with Crippen LogP contribution >= 0.6 is 0 Å². The van der Waals surface area contributed by atoms with Gasteiger partial charge >= 0.3 is 0 Å². The summed E-state index contributed by atoms with van der Waals surface area (Å²) in [5, 5.41) is 3.46. The molecule has 0 aliphatic heterocycles. The number of rotatable bonds is 7. The summed E-state index contributed by atoms with van der Waals surface area (Å²) in [5.74, 6) is 0. The van der Waals surface area contributed by atoms with Gasteiger partial charge in [0.05, 0.1) is 6.61 Å². The Morgan fingerprint density at radius 2 is 1.55 bits per heavy atom. The van der Waals surface area contributed by atoms with Crippen molar-refractivity contribution < 1.29 is 4.74 Å². The van der Waals surface area contributed by atoms with Crippen LogP contribution in [0.3, 0.4) is 0 Å². The van der Waals surface area contributed by atoms with Gasteiger partial charge in [-0.25, -0.2) is 0 Å². The van der Waals surface area contributed by atoms with Crippen molar-refractivity contribution in [2.45, 2.75) is 53.4 Å². The van der Waals surface area contributed by atoms with Crippen molar-refractivity contribution in [1.82, 2.24) is 5.32 Å². The Hall–Kier alpha value is -0.860. The number of aryl methyl sites for hydroxylation is 2. The highest BCUT2D eigenvalue weighted by Gasteiger charge is 2.25. The standard InChI is InChI=1S/C18H31NO/c1-13-12-14(2)16(4)17(15(13)3)18(5,6)8-9-19-10-11-20-7/h12,19H,8-11H2,1-7H3. The zero-order valence-corrected chi connectivity index (χ0v) is 14.3. The fraction of sp³-hybridized carbons (Fsp3) is 0.667. The molecule has 0 saturated heterocycles. The van der Waals surface area contributed by atoms with Crippen molar-refractivity contribution in [3.63, 3.8) is 0 Å². The summed E-state index contributed by atoms with van der Waals surface area (Å²) < 4.78 is 5.07. The van der Waals surface area contributed by atoms with Gasteiger partial charge in [0.25, 0.3) is 0 Å². The lowest BCUT2D eigenvalue weighted by Crippen LogP contribution is -2.29. The summed E-state index contributed by atoms with van der Waals surface area (Å²) in [6, 6.07) is 2.31. The van der Waals surface area contributed by atoms with Crippen molar-refractivity contribution in [1.29, 1.82) is 0 Å². The van der Waals surface area contributed by atoms with Crippen LogP contribution in [0.1, 0.15) is 48.1 Å². The fourth-order valence-corrected chi connectivity index (χ4v) is 3.06. The van der Waals surface area contributed by atoms with Gasteiger partial charge in [-0.1, -0.05) is 19.9 Å². The number of benzene rings is 1. The molecule has 0 saturated carbocycles. The van der Waals surface area contributed by atoms with E-state index in [4.69, 9.17) is 4.74 Å². The monoisotopic (exact) mass is 277 g/mol. The third-order valence-electron chi connectivity index (χ3n) is 4.45. The molecular formula is C18H31NO. The maximum Gasteiger partial charge on any atom is 0.0587 e. The minimum absolute atomic E-state index is 0.199. The van der Waals surface area contributed by atoms with Crippen molar-refractivity contribution in [2.24, 2.45) is 0 Å². The number of nitrogens with one attached hydrogen (secondary N) is 1. The highest BCUT2D eigenvalue weighted by atomic mass is 16.5. The second kappa shape index (κ2) is 7.24. The molecule has 1 N–H and O–H groups in total. The van der Waals surface area contributed by atoms with Gasteiger partial charge in [0, 0.05) is 13.7 Å². The van der Waals surface area contributed by atoms with Crippen LogP contribution in [-0.4, -0.2) is 26.8 Å². The summed E-state index contributed by atoms with van der Waals surface area (Å²) in [7, 11) is 1.74. The van der Waals surface area contributed by atoms with Gasteiger partial charge in [-0.05, 0) is 73.9 Å². The lowest BCUT2D eigenvalue weighted by Gasteiger charge is -2.31. The Labute approximate surface area is 124 Å². The molecule has 0 aromatic heterocycles. The summed E-state index contributed by atoms with van der Waals surface area (Å²) in [6.07, 6.45) is 1.14. The van der Waals surface area contributed by atoms with Crippen molar-refractivity contribution in [3.05, 3.63) is 33.9 Å². The maximum absolute atomic E-state index is 5.07. The SMILES string of the molecule is COCCNCCC(C)(C)c1c(C)c(C)cc(C)c1C. The maximum atomic E-state index is 5.07. The van der Waals surface area contributed by atoms with E-state index in [0.29, 0.717) is 0 Å². The summed E-state index contributed by atoms with van der Waals surface area (Å²) in [6.45, 7) is 16.4. The normalized spacial score (nSPS) is 11.9. The van der Waals surface area contributed by atoms with E-state index in [1.54, 1.807) is 7.11 Å². The average Bonchev–Trinajstić information content (AvgIpc) is 2.36. The Morgan fingerprint density at radius 1 is 1.00 bits per heavy atom. The molecule has 0 radical (unpaired) electrons. The van der Waals surface area contributed by atoms with E-state index in [1.165, 1.54) is 27.8 Å². The Balaban J connectivity index is 2.86. The van der Waals surface area contributed by atoms with Crippen LogP contribution in [0, 0.1) is 27.7 Å². The van der Waals surface area contributed by atoms with Crippen LogP contribution in [0.4, 0.5) is 0 Å². The molecule has 1 rings (SSSR count). The Bertz CT molecular complexity index is 423. The zero-order chi connectivity index (χ0) is 15.3. The lowest BCUT2D eigenvalue weighted by atomic mass is 9.75. The molecule has 0 unspecified atom stereocenters. The van der Waals surface area contributed by atoms with Crippen LogP contribution in [-0.2, 0) is 10.2 Å². The van der Waals surface area contributed by atoms with E-state index in [2.05, 4.69) is 52.9 Å². The zero-order valence-electron chi connectivity index (χ0n) is 14.3. The first-order valence-electron chi connectivity index (χ1n) is 7.58. The average molecular weight is 277 g/mol. The van der Waals surface area contributed by atoms with E-state index < -0.39 is 0 Å². The molecule has 0 aliphatic carbocycles. The van der Waals surface area contributed by atoms with E-state index >= 15 is 0 Å². The number of hydrogen-bond acceptors (Lipinski definition) is 2. The first-order chi connectivity index (χ1) is 9.31. The molecule has 0 heterocycles. The van der Waals surface area contributed by atoms with E-state index in [1.807, 2.05) is 0 Å². The molecule has 1 aromatic carbocycles. The molecule has 0 fully saturated rings. The molecule has 0 aliphatic rings. The van der Waals surface area contributed by atoms with Gasteiger partial charge in [-0.15, -0.1) is 0 Å². The van der Waals surface area contributed by atoms with E-state index in [0.717, 1.165) is 26.1 Å². The minimum Gasteiger partial charge on any atom is -0.383 e. The lowest BCUT2D eigenvalue weighted by molar-refractivity contribution is 0.198. The molecular weight excluding hydrogens is 246 g/mol. The van der Waals surface area contributed by atoms with Gasteiger partial charge in [0.1, 0.15) is 0 Å². The summed E-state index contributed by atoms with van der Waals surface area (Å²) in [4.78, 5) is 0. The predicted octanol–water partition coefficient (Wildman–Crippen LogP) is 3.82. The Kier molecular flexibility index (Phi) is 6.22. The van der Waals surface area contributed by atoms with Crippen LogP contribution in [0.25, 0.3) is 0 Å². The molecule has 0 amide bonds. The molecule has 2 heteroatoms. The van der Waals surface area contributed by atoms with Crippen molar-refractivity contribution in [2.75, 3.05) is 26.8 Å². The third-order valence-corrected chi connectivity index (χ3v) is 4.45. The largest absolute Gasteiger partial charge is 0.383 e. The summed E-state index contributed by atoms with van der Waals surface area (Å²) in [5.41, 5.74) is 7.45. The highest BCUT2D eigenvalue weighted by molar-refractivity contribution is 5.47. The first kappa shape index (κ1) is 17.2. The number of ether oxygens (including phenoxy) is 1. The molecule has 114 valence electrons. The minimum atomic E-state index is 0.199. The number of methoxy groups -OCH3 is 1. The first-order valence-corrected chi connectivity index (χ1v) is 7.58. The fourth-order valence-electron chi connectivity index (χ4n) is 3.06. The van der Waals surface area contributed by atoms with E-state index in [9.17, 15) is 0 Å². The molecule has 0 spiro atoms. The molecule has 0 bridgehead atoms. The topological polar surface area (TPSA) is 21.3 Å². The predicted molar refractivity (Wildman–Crippen MR) is 87.8 cm³/mol. The van der Waals surface area contributed by atoms with Gasteiger partial charge in [-0.2, -0.15) is 0 Å². The van der Waals surface area contributed by atoms with E-state index in [-0.39, 0.29) is 5.41 Å². The van der Waals surface area contributed by atoms with Gasteiger partial charge in [0.2, 0.25) is 0 Å². The third kappa shape index (κ3) is 4.07. The van der Waals surface area contributed by atoms with Gasteiger partial charge in [-0.3, -0.25) is 0 Å². The van der Waals surface area contributed by atoms with Crippen LogP contribution in [0.5, 0.6) is 0 Å². The number of hydrogen-bond donors (Lipinski definition) is 1. The second-order valence-electron chi connectivity index (χ2n) is 6.51. The molecule has 2 nitrogen and oxygen atoms in total. The van der Waals surface area contributed by atoms with Gasteiger partial charge in [0.15, 0.2) is 0 Å². The Morgan fingerprint density at radius 3 is 2.05 bits per heavy atom. The van der Waals surface area contributed by atoms with Crippen molar-refractivity contribution in [3.8, 4) is 0 Å². The smallest absolute Gasteiger partial charge is 0.0587 e. The highest BCUT2D eigenvalue weighted by Crippen LogP contribution is 2.35. The molecule has 20 heavy (non-hydrogen) atoms. The van der Waals surface area contributed by atoms with Crippen LogP contribution in [0.2, 0.25) is 0 Å². The summed E-state index contributed by atoms with van der Waals surface area (Å²) >= 11 is 0. The second-order valence-corrected chi connectivity index (χ2v) is 6.51. The van der Waals surface area contributed by atoms with Gasteiger partial charge < -0.3 is 10.1 Å². The van der Waals surface area contributed by atoms with Crippen LogP contribution in [0.15, 0.2) is 6.07 Å². The van der Waals surface area contributed by atoms with Crippen LogP contribution < -0.4 is 5.32 Å². The van der Waals surface area contributed by atoms with Crippen molar-refractivity contribution >= 4 is 0 Å². The quantitative estimate of drug-likeness (QED) is 0.765. The molecule has 0 atom stereocenters. The molecule has 1 aromatic rings.